The molecule has 0 saturated heterocycles. The maximum atomic E-state index is 6.10. The van der Waals surface area contributed by atoms with Crippen LogP contribution in [0.1, 0.15) is 12.0 Å². The van der Waals surface area contributed by atoms with E-state index in [1.165, 1.54) is 0 Å². The summed E-state index contributed by atoms with van der Waals surface area (Å²) in [5, 5.41) is 0.541. The lowest BCUT2D eigenvalue weighted by Gasteiger charge is -2.12. The summed E-state index contributed by atoms with van der Waals surface area (Å²) >= 11 is 6.10. The van der Waals surface area contributed by atoms with Crippen molar-refractivity contribution in [2.75, 3.05) is 20.4 Å². The van der Waals surface area contributed by atoms with Crippen LogP contribution in [0, 0.1) is 0 Å². The molecule has 16 heavy (non-hydrogen) atoms. The van der Waals surface area contributed by atoms with Crippen LogP contribution in [0.2, 0.25) is 5.02 Å². The van der Waals surface area contributed by atoms with Crippen LogP contribution in [-0.2, 0) is 6.42 Å². The van der Waals surface area contributed by atoms with Crippen LogP contribution >= 0.6 is 11.6 Å². The van der Waals surface area contributed by atoms with E-state index in [2.05, 4.69) is 0 Å². The van der Waals surface area contributed by atoms with Gasteiger partial charge in [-0.15, -0.1) is 0 Å². The van der Waals surface area contributed by atoms with Crippen molar-refractivity contribution < 1.29 is 14.2 Å². The molecule has 0 saturated carbocycles. The predicted molar refractivity (Wildman–Crippen MR) is 61.5 cm³/mol. The predicted octanol–water partition coefficient (Wildman–Crippen LogP) is 1.97. The molecule has 0 fully saturated rings. The molecular formula is C11H14ClNO3. The second kappa shape index (κ2) is 4.80. The van der Waals surface area contributed by atoms with Gasteiger partial charge in [-0.05, 0) is 19.4 Å². The van der Waals surface area contributed by atoms with Crippen molar-refractivity contribution in [2.45, 2.75) is 12.8 Å². The molecule has 1 heterocycles. The lowest BCUT2D eigenvalue weighted by Crippen LogP contribution is -2.03. The average molecular weight is 244 g/mol. The molecule has 0 spiro atoms. The summed E-state index contributed by atoms with van der Waals surface area (Å²) in [5.41, 5.74) is 6.44. The first-order chi connectivity index (χ1) is 7.77. The number of nitrogens with two attached hydrogens (primary N) is 1. The van der Waals surface area contributed by atoms with Crippen molar-refractivity contribution in [3.63, 3.8) is 0 Å². The largest absolute Gasteiger partial charge is 0.495 e. The van der Waals surface area contributed by atoms with Crippen molar-refractivity contribution in [3.05, 3.63) is 16.7 Å². The number of methoxy groups -OCH3 is 1. The molecule has 1 aliphatic heterocycles. The van der Waals surface area contributed by atoms with Crippen LogP contribution in [0.3, 0.4) is 0 Å². The molecule has 4 nitrogen and oxygen atoms in total. The van der Waals surface area contributed by atoms with Crippen LogP contribution < -0.4 is 19.9 Å². The van der Waals surface area contributed by atoms with Gasteiger partial charge in [0.1, 0.15) is 5.75 Å². The Bertz CT molecular complexity index is 392. The Hall–Kier alpha value is -1.13. The van der Waals surface area contributed by atoms with Crippen LogP contribution in [0.5, 0.6) is 17.2 Å². The van der Waals surface area contributed by atoms with Gasteiger partial charge in [-0.2, -0.15) is 0 Å². The van der Waals surface area contributed by atoms with E-state index >= 15 is 0 Å². The zero-order valence-electron chi connectivity index (χ0n) is 9.09. The van der Waals surface area contributed by atoms with E-state index in [-0.39, 0.29) is 6.79 Å². The van der Waals surface area contributed by atoms with Crippen molar-refractivity contribution in [3.8, 4) is 17.2 Å². The highest BCUT2D eigenvalue weighted by molar-refractivity contribution is 6.32. The van der Waals surface area contributed by atoms with E-state index in [0.29, 0.717) is 23.1 Å². The molecule has 2 rings (SSSR count). The zero-order valence-corrected chi connectivity index (χ0v) is 9.84. The van der Waals surface area contributed by atoms with E-state index in [1.54, 1.807) is 13.2 Å². The van der Waals surface area contributed by atoms with Crippen LogP contribution in [0.25, 0.3) is 0 Å². The SMILES string of the molecule is COc1c(Cl)cc2c(c1CCCN)OCO2. The van der Waals surface area contributed by atoms with Gasteiger partial charge in [0.2, 0.25) is 6.79 Å². The fourth-order valence-electron chi connectivity index (χ4n) is 1.79. The third-order valence-corrected chi connectivity index (χ3v) is 2.78. The van der Waals surface area contributed by atoms with E-state index in [1.807, 2.05) is 0 Å². The normalized spacial score (nSPS) is 12.9. The minimum absolute atomic E-state index is 0.231. The summed E-state index contributed by atoms with van der Waals surface area (Å²) in [7, 11) is 1.59. The molecule has 0 aromatic heterocycles. The number of fused-ring (bicyclic) bond motifs is 1. The highest BCUT2D eigenvalue weighted by atomic mass is 35.5. The molecule has 1 aliphatic rings. The summed E-state index contributed by atoms with van der Waals surface area (Å²) in [6.45, 7) is 0.847. The standard InChI is InChI=1S/C11H14ClNO3/c1-14-10-7(3-2-4-13)11-9(5-8(10)12)15-6-16-11/h5H,2-4,6,13H2,1H3. The van der Waals surface area contributed by atoms with E-state index < -0.39 is 0 Å². The molecular weight excluding hydrogens is 230 g/mol. The minimum atomic E-state index is 0.231. The highest BCUT2D eigenvalue weighted by Crippen LogP contribution is 2.45. The fraction of sp³-hybridized carbons (Fsp3) is 0.455. The van der Waals surface area contributed by atoms with Gasteiger partial charge in [-0.1, -0.05) is 11.6 Å². The third-order valence-electron chi connectivity index (χ3n) is 2.50. The lowest BCUT2D eigenvalue weighted by molar-refractivity contribution is 0.173. The van der Waals surface area contributed by atoms with Gasteiger partial charge in [-0.3, -0.25) is 0 Å². The number of hydrogen-bond acceptors (Lipinski definition) is 4. The van der Waals surface area contributed by atoms with Gasteiger partial charge < -0.3 is 19.9 Å². The smallest absolute Gasteiger partial charge is 0.231 e. The van der Waals surface area contributed by atoms with E-state index in [4.69, 9.17) is 31.5 Å². The molecule has 5 heteroatoms. The van der Waals surface area contributed by atoms with Gasteiger partial charge >= 0.3 is 0 Å². The Labute approximate surface area is 99.2 Å². The number of rotatable bonds is 4. The van der Waals surface area contributed by atoms with Gasteiger partial charge in [0.15, 0.2) is 11.5 Å². The fourth-order valence-corrected chi connectivity index (χ4v) is 2.08. The van der Waals surface area contributed by atoms with Gasteiger partial charge in [-0.25, -0.2) is 0 Å². The molecule has 0 aliphatic carbocycles. The Morgan fingerprint density at radius 2 is 2.31 bits per heavy atom. The highest BCUT2D eigenvalue weighted by Gasteiger charge is 2.23. The summed E-state index contributed by atoms with van der Waals surface area (Å²) in [4.78, 5) is 0. The number of ether oxygens (including phenoxy) is 3. The van der Waals surface area contributed by atoms with Crippen LogP contribution in [0.15, 0.2) is 6.07 Å². The van der Waals surface area contributed by atoms with Gasteiger partial charge in [0, 0.05) is 11.6 Å². The van der Waals surface area contributed by atoms with Gasteiger partial charge in [0.25, 0.3) is 0 Å². The third kappa shape index (κ3) is 1.90. The van der Waals surface area contributed by atoms with Crippen molar-refractivity contribution in [1.82, 2.24) is 0 Å². The number of hydrogen-bond donors (Lipinski definition) is 1. The Balaban J connectivity index is 2.44. The average Bonchev–Trinajstić information content (AvgIpc) is 2.72. The molecule has 0 radical (unpaired) electrons. The summed E-state index contributed by atoms with van der Waals surface area (Å²) < 4.78 is 16.0. The van der Waals surface area contributed by atoms with E-state index in [9.17, 15) is 0 Å². The summed E-state index contributed by atoms with van der Waals surface area (Å²) in [6.07, 6.45) is 1.62. The molecule has 88 valence electrons. The summed E-state index contributed by atoms with van der Waals surface area (Å²) in [5.74, 6) is 2.06. The first-order valence-corrected chi connectivity index (χ1v) is 5.50. The Kier molecular flexibility index (Phi) is 3.41. The number of halogens is 1. The Morgan fingerprint density at radius 1 is 1.50 bits per heavy atom. The van der Waals surface area contributed by atoms with Crippen molar-refractivity contribution >= 4 is 11.6 Å². The molecule has 0 atom stereocenters. The van der Waals surface area contributed by atoms with Gasteiger partial charge in [0.05, 0.1) is 12.1 Å². The minimum Gasteiger partial charge on any atom is -0.495 e. The summed E-state index contributed by atoms with van der Waals surface area (Å²) in [6, 6.07) is 1.72. The first kappa shape index (κ1) is 11.4. The van der Waals surface area contributed by atoms with Crippen LogP contribution in [-0.4, -0.2) is 20.4 Å². The van der Waals surface area contributed by atoms with E-state index in [0.717, 1.165) is 24.2 Å². The lowest BCUT2D eigenvalue weighted by atomic mass is 10.1. The molecule has 2 N–H and O–H groups in total. The molecule has 0 amide bonds. The Morgan fingerprint density at radius 3 is 3.00 bits per heavy atom. The second-order valence-electron chi connectivity index (χ2n) is 3.50. The maximum absolute atomic E-state index is 6.10. The zero-order chi connectivity index (χ0) is 11.5. The monoisotopic (exact) mass is 243 g/mol. The molecule has 0 unspecified atom stereocenters. The van der Waals surface area contributed by atoms with Crippen LogP contribution in [0.4, 0.5) is 0 Å². The second-order valence-corrected chi connectivity index (χ2v) is 3.90. The molecule has 1 aromatic carbocycles. The maximum Gasteiger partial charge on any atom is 0.231 e. The molecule has 1 aromatic rings. The van der Waals surface area contributed by atoms with Crippen molar-refractivity contribution in [1.29, 1.82) is 0 Å². The quantitative estimate of drug-likeness (QED) is 0.879. The number of benzene rings is 1. The molecule has 0 bridgehead atoms. The van der Waals surface area contributed by atoms with Crippen molar-refractivity contribution in [2.24, 2.45) is 5.73 Å². The first-order valence-electron chi connectivity index (χ1n) is 5.13. The topological polar surface area (TPSA) is 53.7 Å².